The average Bonchev–Trinajstić information content (AvgIpc) is 2.76. The zero-order valence-electron chi connectivity index (χ0n) is 37.2. The van der Waals surface area contributed by atoms with Crippen LogP contribution in [0.3, 0.4) is 0 Å². The fraction of sp³-hybridized carbons (Fsp3) is 0.850. The van der Waals surface area contributed by atoms with Gasteiger partial charge in [0.1, 0.15) is 0 Å². The molecule has 287 valence electrons. The summed E-state index contributed by atoms with van der Waals surface area (Å²) in [6.07, 6.45) is 8.85. The van der Waals surface area contributed by atoms with Gasteiger partial charge in [0.05, 0.1) is 0 Å². The number of benzene rings is 1. The predicted molar refractivity (Wildman–Crippen MR) is 255 cm³/mol. The van der Waals surface area contributed by atoms with Crippen LogP contribution in [-0.2, 0) is 4.28 Å². The topological polar surface area (TPSA) is 12.0 Å². The zero-order chi connectivity index (χ0) is 38.6. The maximum absolute atomic E-state index is 4.75. The van der Waals surface area contributed by atoms with Gasteiger partial charge >= 0.3 is 0 Å². The van der Waals surface area contributed by atoms with Crippen LogP contribution in [0.15, 0.2) is 12.1 Å². The van der Waals surface area contributed by atoms with Gasteiger partial charge in [-0.05, 0) is 92.8 Å². The van der Waals surface area contributed by atoms with Crippen molar-refractivity contribution in [3.05, 3.63) is 28.8 Å². The molecule has 4 fully saturated rings. The molecule has 4 aliphatic carbocycles. The molecule has 0 spiro atoms. The van der Waals surface area contributed by atoms with Crippen LogP contribution in [0.5, 0.6) is 0 Å². The van der Waals surface area contributed by atoms with E-state index in [0.29, 0.717) is 9.82 Å². The standard InChI is InChI=1S/C40H83BrNSi8/c1-44(2,3)37(45(4,5)6)34-25-33(40(48(13,14)15,49(16,17)18)50(19,20)21)26-35(38(46(7,8)9)47(10,11)12)36(34)43(41)42-39-27-30-22-31(28-39)24-32(23-30)29-39/h25-26,30-32,37-38,42H,22-24,27-29H2,1-21H3. The second-order valence-corrected chi connectivity index (χ2v) is 68.9. The van der Waals surface area contributed by atoms with E-state index in [4.69, 9.17) is 20.3 Å². The van der Waals surface area contributed by atoms with Gasteiger partial charge in [-0.1, -0.05) is 165 Å². The van der Waals surface area contributed by atoms with Crippen LogP contribution in [0.2, 0.25) is 137 Å². The summed E-state index contributed by atoms with van der Waals surface area (Å²) in [5.41, 5.74) is 5.92. The number of rotatable bonds is 13. The Labute approximate surface area is 329 Å². The third-order valence-corrected chi connectivity index (χ3v) is 57.0. The maximum atomic E-state index is 4.75. The lowest BCUT2D eigenvalue weighted by Gasteiger charge is -2.60. The summed E-state index contributed by atoms with van der Waals surface area (Å²) >= 11 is 4.75. The molecule has 50 heavy (non-hydrogen) atoms. The first-order valence-electron chi connectivity index (χ1n) is 20.6. The lowest BCUT2D eigenvalue weighted by molar-refractivity contribution is -0.00851. The molecule has 0 amide bonds. The third-order valence-electron chi connectivity index (χ3n) is 13.7. The van der Waals surface area contributed by atoms with Crippen LogP contribution >= 0.6 is 15.3 Å². The Kier molecular flexibility index (Phi) is 12.2. The predicted octanol–water partition coefficient (Wildman–Crippen LogP) is 12.9. The lowest BCUT2D eigenvalue weighted by Crippen LogP contribution is -2.74. The van der Waals surface area contributed by atoms with Crippen LogP contribution < -0.4 is 10.2 Å². The Bertz CT molecular complexity index is 1240. The van der Waals surface area contributed by atoms with Crippen molar-refractivity contribution in [2.75, 3.05) is 0 Å². The molecular formula is C40H83BrNSi8. The lowest BCUT2D eigenvalue weighted by atomic mass is 9.53. The molecule has 1 radical (unpaired) electrons. The number of nitrogens with one attached hydrogen (secondary N) is 1. The van der Waals surface area contributed by atoms with Crippen molar-refractivity contribution in [2.24, 2.45) is 17.8 Å². The van der Waals surface area contributed by atoms with Gasteiger partial charge in [0.15, 0.2) is 0 Å². The molecular weight excluding hydrogens is 799 g/mol. The summed E-state index contributed by atoms with van der Waals surface area (Å²) in [5.74, 6) is 2.91. The first-order chi connectivity index (χ1) is 22.1. The van der Waals surface area contributed by atoms with E-state index in [1.165, 1.54) is 38.5 Å². The number of halogens is 1. The number of hydrogen-bond donors (Lipinski definition) is 1. The number of hydrogen-bond acceptors (Lipinski definition) is 1. The van der Waals surface area contributed by atoms with Crippen molar-refractivity contribution in [1.82, 2.24) is 4.98 Å². The Morgan fingerprint density at radius 3 is 1.08 bits per heavy atom. The Morgan fingerprint density at radius 2 is 0.840 bits per heavy atom. The minimum Gasteiger partial charge on any atom is -0.320 e. The molecule has 0 heterocycles. The van der Waals surface area contributed by atoms with Crippen molar-refractivity contribution in [1.29, 1.82) is 0 Å². The minimum absolute atomic E-state index is 0.361. The molecule has 4 aliphatic rings. The largest absolute Gasteiger partial charge is 0.320 e. The smallest absolute Gasteiger partial charge is 0.254 e. The summed E-state index contributed by atoms with van der Waals surface area (Å²) < 4.78 is 0.383. The highest BCUT2D eigenvalue weighted by atomic mass is 79.9. The second-order valence-electron chi connectivity index (χ2n) is 25.5. The van der Waals surface area contributed by atoms with Crippen molar-refractivity contribution >= 4 is 84.6 Å². The van der Waals surface area contributed by atoms with E-state index in [0.717, 1.165) is 28.1 Å². The summed E-state index contributed by atoms with van der Waals surface area (Å²) in [7, 11) is -12.7. The van der Waals surface area contributed by atoms with Gasteiger partial charge in [-0.2, -0.15) is 0 Å². The molecule has 0 atom stereocenters. The van der Waals surface area contributed by atoms with Crippen molar-refractivity contribution in [3.63, 3.8) is 0 Å². The monoisotopic (exact) mass is 880 g/mol. The summed E-state index contributed by atoms with van der Waals surface area (Å²) in [6.45, 7) is 57.7. The fourth-order valence-corrected chi connectivity index (χ4v) is 75.8. The molecule has 0 saturated heterocycles. The maximum Gasteiger partial charge on any atom is 0.254 e. The summed E-state index contributed by atoms with van der Waals surface area (Å²) in [5, 5.41) is 3.33. The first kappa shape index (κ1) is 44.1. The average molecular weight is 883 g/mol. The first-order valence-corrected chi connectivity index (χ1v) is 49.1. The SMILES string of the molecule is C[Si](C)(C)C(c1cc(C([Si](C)(C)C)([Si](C)(C)C)[Si](C)(C)C)cc(C([Si](C)(C)C)[Si](C)(C)C)c1[Si](Br)NC12CC3CC(CC(C3)C1)C2)[Si](C)(C)C. The van der Waals surface area contributed by atoms with Gasteiger partial charge in [-0.25, -0.2) is 0 Å². The van der Waals surface area contributed by atoms with Crippen LogP contribution in [-0.4, -0.2) is 69.6 Å². The zero-order valence-corrected chi connectivity index (χ0v) is 46.7. The minimum atomic E-state index is -1.70. The molecule has 1 N–H and O–H groups in total. The quantitative estimate of drug-likeness (QED) is 0.154. The highest BCUT2D eigenvalue weighted by Gasteiger charge is 2.61. The Morgan fingerprint density at radius 1 is 0.560 bits per heavy atom. The van der Waals surface area contributed by atoms with E-state index in [9.17, 15) is 0 Å². The van der Waals surface area contributed by atoms with E-state index in [2.05, 4.69) is 150 Å². The van der Waals surface area contributed by atoms with E-state index < -0.39 is 64.1 Å². The highest BCUT2D eigenvalue weighted by molar-refractivity contribution is 9.25. The highest BCUT2D eigenvalue weighted by Crippen LogP contribution is 2.56. The molecule has 4 saturated carbocycles. The molecule has 4 bridgehead atoms. The Balaban J connectivity index is 2.23. The molecule has 0 aliphatic heterocycles. The van der Waals surface area contributed by atoms with Crippen LogP contribution in [0.1, 0.15) is 65.5 Å². The van der Waals surface area contributed by atoms with Crippen LogP contribution in [0.25, 0.3) is 0 Å². The van der Waals surface area contributed by atoms with Gasteiger partial charge in [0, 0.05) is 62.1 Å². The fourth-order valence-electron chi connectivity index (χ4n) is 15.3. The molecule has 10 heteroatoms. The van der Waals surface area contributed by atoms with Gasteiger partial charge in [0.2, 0.25) is 0 Å². The second kappa shape index (κ2) is 13.8. The van der Waals surface area contributed by atoms with E-state index >= 15 is 0 Å². The third kappa shape index (κ3) is 8.25. The molecule has 1 aromatic carbocycles. The van der Waals surface area contributed by atoms with Gasteiger partial charge < -0.3 is 4.98 Å². The van der Waals surface area contributed by atoms with Gasteiger partial charge in [0.25, 0.3) is 7.58 Å². The van der Waals surface area contributed by atoms with Crippen LogP contribution in [0.4, 0.5) is 0 Å². The van der Waals surface area contributed by atoms with Crippen molar-refractivity contribution < 1.29 is 0 Å². The molecule has 1 nitrogen and oxygen atoms in total. The molecule has 1 aromatic rings. The van der Waals surface area contributed by atoms with E-state index in [-0.39, 0.29) is 0 Å². The molecule has 0 unspecified atom stereocenters. The van der Waals surface area contributed by atoms with Gasteiger partial charge in [-0.3, -0.25) is 0 Å². The van der Waals surface area contributed by atoms with Gasteiger partial charge in [-0.15, -0.1) is 0 Å². The Hall–Kier alpha value is 1.40. The van der Waals surface area contributed by atoms with Crippen molar-refractivity contribution in [2.45, 2.75) is 196 Å². The van der Waals surface area contributed by atoms with E-state index in [1.807, 2.05) is 21.9 Å². The van der Waals surface area contributed by atoms with Crippen LogP contribution in [0, 0.1) is 17.8 Å². The molecule has 5 rings (SSSR count). The van der Waals surface area contributed by atoms with Crippen molar-refractivity contribution in [3.8, 4) is 0 Å². The normalized spacial score (nSPS) is 25.8. The molecule has 0 aromatic heterocycles. The van der Waals surface area contributed by atoms with E-state index in [1.54, 1.807) is 0 Å². The summed E-state index contributed by atoms with van der Waals surface area (Å²) in [4.78, 5) is 4.69. The summed E-state index contributed by atoms with van der Waals surface area (Å²) in [6, 6.07) is 6.01.